The number of pyridine rings is 1. The van der Waals surface area contributed by atoms with E-state index in [1.54, 1.807) is 55.4 Å². The number of aryl methyl sites for hydroxylation is 11. The molecule has 7 heterocycles. The molecule has 0 atom stereocenters. The maximum absolute atomic E-state index is 13.7. The number of benzene rings is 8. The van der Waals surface area contributed by atoms with Crippen LogP contribution < -0.4 is 0 Å². The van der Waals surface area contributed by atoms with Crippen LogP contribution in [0.25, 0.3) is 101 Å². The summed E-state index contributed by atoms with van der Waals surface area (Å²) in [5.74, 6) is 3.03. The van der Waals surface area contributed by atoms with E-state index in [1.807, 2.05) is 76.5 Å². The third-order valence-corrected chi connectivity index (χ3v) is 17.9. The van der Waals surface area contributed by atoms with Gasteiger partial charge in [-0.3, -0.25) is 18.4 Å². The molecule has 7 aromatic heterocycles. The number of hydrogen-bond donors (Lipinski definition) is 0. The molecule has 0 amide bonds. The van der Waals surface area contributed by atoms with Crippen molar-refractivity contribution in [3.63, 3.8) is 0 Å². The third-order valence-electron chi connectivity index (χ3n) is 17.9. The first-order chi connectivity index (χ1) is 51.1. The van der Waals surface area contributed by atoms with E-state index >= 15 is 0 Å². The normalized spacial score (nSPS) is 10.5. The Morgan fingerprint density at radius 1 is 0.405 bits per heavy atom. The van der Waals surface area contributed by atoms with Crippen molar-refractivity contribution in [3.8, 4) is 101 Å². The van der Waals surface area contributed by atoms with E-state index in [0.29, 0.717) is 34.8 Å². The molecular formula is C84H83FIr5N21-5. The van der Waals surface area contributed by atoms with Crippen molar-refractivity contribution in [1.82, 2.24) is 105 Å². The van der Waals surface area contributed by atoms with Crippen LogP contribution in [0.2, 0.25) is 0 Å². The molecule has 581 valence electrons. The Morgan fingerprint density at radius 3 is 1.27 bits per heavy atom. The molecule has 27 heteroatoms. The van der Waals surface area contributed by atoms with Crippen LogP contribution in [0.4, 0.5) is 4.39 Å². The summed E-state index contributed by atoms with van der Waals surface area (Å²) in [5, 5.41) is 43.6. The minimum absolute atomic E-state index is 0. The molecule has 15 aromatic rings. The maximum Gasteiger partial charge on any atom is 0.138 e. The van der Waals surface area contributed by atoms with Gasteiger partial charge in [0, 0.05) is 134 Å². The molecular weight excluding hydrogens is 2280 g/mol. The van der Waals surface area contributed by atoms with E-state index in [1.165, 1.54) is 75.6 Å². The second-order valence-electron chi connectivity index (χ2n) is 26.8. The first kappa shape index (κ1) is 90.5. The molecule has 0 N–H and O–H groups in total. The van der Waals surface area contributed by atoms with E-state index < -0.39 is 0 Å². The maximum atomic E-state index is 13.7. The molecule has 0 bridgehead atoms. The summed E-state index contributed by atoms with van der Waals surface area (Å²) in [6.45, 7) is 30.1. The van der Waals surface area contributed by atoms with Gasteiger partial charge >= 0.3 is 0 Å². The van der Waals surface area contributed by atoms with Gasteiger partial charge in [-0.2, -0.15) is 37.6 Å². The van der Waals surface area contributed by atoms with Crippen LogP contribution in [0, 0.1) is 91.7 Å². The summed E-state index contributed by atoms with van der Waals surface area (Å²) in [5.41, 5.74) is 27.9. The Balaban J connectivity index is 0.000000215. The van der Waals surface area contributed by atoms with E-state index in [0.717, 1.165) is 101 Å². The van der Waals surface area contributed by atoms with Crippen molar-refractivity contribution in [2.45, 2.75) is 115 Å². The quantitative estimate of drug-likeness (QED) is 0.0977. The fraction of sp³-hybridized carbons (Fsp3) is 0.238. The van der Waals surface area contributed by atoms with Gasteiger partial charge in [0.1, 0.15) is 25.3 Å². The van der Waals surface area contributed by atoms with Crippen LogP contribution in [-0.2, 0) is 122 Å². The first-order valence-corrected chi connectivity index (χ1v) is 34.7. The van der Waals surface area contributed by atoms with Gasteiger partial charge in [-0.15, -0.1) is 66.7 Å². The molecule has 111 heavy (non-hydrogen) atoms. The summed E-state index contributed by atoms with van der Waals surface area (Å²) >= 11 is 0. The molecule has 8 aromatic carbocycles. The van der Waals surface area contributed by atoms with Crippen LogP contribution in [0.3, 0.4) is 0 Å². The largest absolute Gasteiger partial charge is 0.381 e. The number of aromatic nitrogens is 21. The second-order valence-corrected chi connectivity index (χ2v) is 26.8. The number of tetrazole rings is 3. The monoisotopic (exact) mass is 2370 g/mol. The zero-order valence-corrected chi connectivity index (χ0v) is 76.4. The Labute approximate surface area is 715 Å². The van der Waals surface area contributed by atoms with Gasteiger partial charge in [0.15, 0.2) is 0 Å². The smallest absolute Gasteiger partial charge is 0.138 e. The average Bonchev–Trinajstić information content (AvgIpc) is 1.71. The fourth-order valence-corrected chi connectivity index (χ4v) is 12.9. The number of nitrogens with zero attached hydrogens (tertiary/aromatic N) is 21. The van der Waals surface area contributed by atoms with Gasteiger partial charge in [0.2, 0.25) is 0 Å². The molecule has 5 radical (unpaired) electrons. The molecule has 0 spiro atoms. The Morgan fingerprint density at radius 2 is 0.838 bits per heavy atom. The van der Waals surface area contributed by atoms with Gasteiger partial charge in [0.25, 0.3) is 0 Å². The standard InChI is InChI=1S/C23H29N4.C16H14FN4.C16H15N4.C15H13N4.C14H12N5.5Ir/c1-14(2)17-12-20(15(3)4)22(21(13-17)16(5)6)18-10-8-9-11-19(18)23-24-25-26-27(23)7;1-10-5-4-6-11(2)15(10)14-9-12(17)7-8-13(14)16-18-19-20-21(16)3;1-11-8-12(2)10-13(9-11)14-6-4-5-7-15(14)16-17-18-19-20(16)3;1-11-5-3-6-12(2)14(11)15-13(7-4-8-17-15)19-10-16-9-18-19;1-10-4-3-5-11(2)13(10)14-12(6-15-7-17-14)19-9-16-8-18-19;;;;;/h8-10,12-16H,1-7H3;4-7,9H,1-3H3;4-6,8-10H,1-3H3;3-6,8-10H,1-2H3;3-5,7-9H,1-2H3;;;;;/q5*-1;;;;;. The molecule has 0 saturated heterocycles. The zero-order chi connectivity index (χ0) is 75.3. The fourth-order valence-electron chi connectivity index (χ4n) is 12.9. The minimum atomic E-state index is -0.327. The summed E-state index contributed by atoms with van der Waals surface area (Å²) in [6.07, 6.45) is 12.5. The zero-order valence-electron chi connectivity index (χ0n) is 64.4. The van der Waals surface area contributed by atoms with Crippen molar-refractivity contribution >= 4 is 0 Å². The minimum Gasteiger partial charge on any atom is -0.381 e. The number of hydrogen-bond acceptors (Lipinski definition) is 16. The SMILES string of the molecule is CC(C)c1cc(C(C)C)c(-c2ccc[c-]c2-c2nnnn2C)c(C(C)C)c1.Cc1cc(C)cc(-c2ccc[c-]c2-c2nnnn2C)c1.Cc1cccc(C)c1-c1cc(F)c[c-]c1-c1nnnn1C.Cc1cccc(C)c1-c1ncc[c-]c1-n1cncn1.Cc1cccc(C)c1-c1ncn[c-]c1-n1cncn1.[Ir].[Ir].[Ir].[Ir].[Ir]. The van der Waals surface area contributed by atoms with Crippen LogP contribution in [0.5, 0.6) is 0 Å². The van der Waals surface area contributed by atoms with E-state index in [-0.39, 0.29) is 106 Å². The van der Waals surface area contributed by atoms with Crippen molar-refractivity contribution in [2.24, 2.45) is 21.1 Å². The van der Waals surface area contributed by atoms with Crippen LogP contribution in [0.15, 0.2) is 177 Å². The Hall–Kier alpha value is -9.34. The predicted octanol–water partition coefficient (Wildman–Crippen LogP) is 16.7. The summed E-state index contributed by atoms with van der Waals surface area (Å²) in [7, 11) is 5.46. The number of rotatable bonds is 13. The average molecular weight is 2370 g/mol. The predicted molar refractivity (Wildman–Crippen MR) is 410 cm³/mol. The van der Waals surface area contributed by atoms with Gasteiger partial charge in [0.05, 0.1) is 17.5 Å². The molecule has 0 saturated carbocycles. The Kier molecular flexibility index (Phi) is 34.1. The van der Waals surface area contributed by atoms with Crippen LogP contribution in [0.1, 0.15) is 120 Å². The molecule has 0 aliphatic carbocycles. The van der Waals surface area contributed by atoms with Gasteiger partial charge in [-0.1, -0.05) is 249 Å². The molecule has 0 fully saturated rings. The topological polar surface area (TPSA) is 231 Å². The van der Waals surface area contributed by atoms with Gasteiger partial charge < -0.3 is 15.0 Å². The molecule has 0 aliphatic rings. The van der Waals surface area contributed by atoms with Crippen molar-refractivity contribution < 1.29 is 105 Å². The first-order valence-electron chi connectivity index (χ1n) is 34.7. The molecule has 0 unspecified atom stereocenters. The van der Waals surface area contributed by atoms with Crippen molar-refractivity contribution in [3.05, 3.63) is 275 Å². The van der Waals surface area contributed by atoms with E-state index in [4.69, 9.17) is 0 Å². The third kappa shape index (κ3) is 21.5. The van der Waals surface area contributed by atoms with E-state index in [2.05, 4.69) is 268 Å². The van der Waals surface area contributed by atoms with E-state index in [9.17, 15) is 4.39 Å². The summed E-state index contributed by atoms with van der Waals surface area (Å²) < 4.78 is 22.0. The number of halogens is 1. The molecule has 15 rings (SSSR count). The summed E-state index contributed by atoms with van der Waals surface area (Å²) in [4.78, 5) is 20.8. The second kappa shape index (κ2) is 41.8. The van der Waals surface area contributed by atoms with Crippen molar-refractivity contribution in [1.29, 1.82) is 0 Å². The van der Waals surface area contributed by atoms with Crippen LogP contribution >= 0.6 is 0 Å². The van der Waals surface area contributed by atoms with Gasteiger partial charge in [-0.05, 0) is 139 Å². The molecule has 21 nitrogen and oxygen atoms in total. The van der Waals surface area contributed by atoms with Crippen molar-refractivity contribution in [2.75, 3.05) is 0 Å². The Bertz CT molecular complexity index is 5270. The van der Waals surface area contributed by atoms with Crippen LogP contribution in [-0.4, -0.2) is 105 Å². The summed E-state index contributed by atoms with van der Waals surface area (Å²) in [6, 6.07) is 59.1. The molecule has 0 aliphatic heterocycles. The van der Waals surface area contributed by atoms with Gasteiger partial charge in [-0.25, -0.2) is 19.3 Å².